The number of rotatable bonds is 8. The van der Waals surface area contributed by atoms with E-state index in [4.69, 9.17) is 0 Å². The minimum Gasteiger partial charge on any atom is -0.508 e. The molecule has 1 heterocycles. The molecule has 10 heteroatoms. The molecule has 0 fully saturated rings. The van der Waals surface area contributed by atoms with Crippen LogP contribution in [-0.2, 0) is 11.3 Å². The molecule has 4 N–H and O–H groups in total. The van der Waals surface area contributed by atoms with Gasteiger partial charge < -0.3 is 20.8 Å². The van der Waals surface area contributed by atoms with Crippen molar-refractivity contribution in [3.8, 4) is 5.75 Å². The predicted molar refractivity (Wildman–Crippen MR) is 133 cm³/mol. The highest BCUT2D eigenvalue weighted by molar-refractivity contribution is 9.10. The molecular weight excluding hydrogens is 522 g/mol. The fourth-order valence-corrected chi connectivity index (χ4v) is 4.36. The Morgan fingerprint density at radius 1 is 1.15 bits per heavy atom. The molecule has 0 unspecified atom stereocenters. The van der Waals surface area contributed by atoms with Gasteiger partial charge in [-0.3, -0.25) is 9.59 Å². The number of aromatic hydroxyl groups is 1. The second-order valence-electron chi connectivity index (χ2n) is 7.63. The Hall–Kier alpha value is -3.50. The molecule has 0 aliphatic rings. The molecule has 0 radical (unpaired) electrons. The lowest BCUT2D eigenvalue weighted by atomic mass is 10.1. The van der Waals surface area contributed by atoms with Gasteiger partial charge in [-0.15, -0.1) is 11.3 Å². The molecule has 2 amide bonds. The molecule has 3 rings (SSSR count). The van der Waals surface area contributed by atoms with Gasteiger partial charge in [0.05, 0.1) is 11.3 Å². The highest BCUT2D eigenvalue weighted by Gasteiger charge is 2.18. The van der Waals surface area contributed by atoms with E-state index in [2.05, 4.69) is 31.5 Å². The molecule has 3 aromatic rings. The van der Waals surface area contributed by atoms with Crippen molar-refractivity contribution >= 4 is 51.1 Å². The Kier molecular flexibility index (Phi) is 8.19. The van der Waals surface area contributed by atoms with E-state index in [0.717, 1.165) is 11.3 Å². The van der Waals surface area contributed by atoms with Crippen LogP contribution in [0.4, 0.5) is 0 Å². The molecule has 34 heavy (non-hydrogen) atoms. The summed E-state index contributed by atoms with van der Waals surface area (Å²) in [6, 6.07) is 10.9. The van der Waals surface area contributed by atoms with E-state index in [1.165, 1.54) is 41.7 Å². The van der Waals surface area contributed by atoms with E-state index >= 15 is 0 Å². The van der Waals surface area contributed by atoms with Crippen molar-refractivity contribution in [2.24, 2.45) is 0 Å². The van der Waals surface area contributed by atoms with E-state index in [0.29, 0.717) is 15.0 Å². The average molecular weight is 544 g/mol. The molecule has 0 atom stereocenters. The second-order valence-corrected chi connectivity index (χ2v) is 9.37. The predicted octanol–water partition coefficient (Wildman–Crippen LogP) is 4.52. The van der Waals surface area contributed by atoms with E-state index in [1.807, 2.05) is 19.2 Å². The van der Waals surface area contributed by atoms with Crippen LogP contribution in [0.25, 0.3) is 6.08 Å². The van der Waals surface area contributed by atoms with Crippen LogP contribution in [0.15, 0.2) is 58.0 Å². The van der Waals surface area contributed by atoms with Gasteiger partial charge in [0.25, 0.3) is 11.8 Å². The number of nitrogens with one attached hydrogen (secondary N) is 2. The van der Waals surface area contributed by atoms with Gasteiger partial charge in [0.15, 0.2) is 0 Å². The lowest BCUT2D eigenvalue weighted by Gasteiger charge is -2.10. The number of hydrogen-bond donors (Lipinski definition) is 4. The molecule has 8 nitrogen and oxygen atoms in total. The van der Waals surface area contributed by atoms with Crippen LogP contribution in [0.2, 0.25) is 0 Å². The lowest BCUT2D eigenvalue weighted by Crippen LogP contribution is -2.28. The smallest absolute Gasteiger partial charge is 0.352 e. The standard InChI is InChI=1S/C24H22BrN3O5S/c1-13(2)20-12-34-21(27-20)10-19(24(32)33)28-23(31)17-7-6-15(9-18(17)25)22(30)26-11-14-4-3-5-16(29)8-14/h3-10,12-13,29H,11H2,1-2H3,(H,26,30)(H,28,31)(H,32,33). The van der Waals surface area contributed by atoms with E-state index in [9.17, 15) is 24.6 Å². The summed E-state index contributed by atoms with van der Waals surface area (Å²) in [6.45, 7) is 4.18. The Balaban J connectivity index is 1.71. The van der Waals surface area contributed by atoms with Crippen LogP contribution < -0.4 is 10.6 Å². The monoisotopic (exact) mass is 543 g/mol. The molecule has 0 aliphatic heterocycles. The first-order valence-electron chi connectivity index (χ1n) is 10.2. The van der Waals surface area contributed by atoms with Crippen molar-refractivity contribution in [2.75, 3.05) is 0 Å². The van der Waals surface area contributed by atoms with Gasteiger partial charge in [-0.25, -0.2) is 9.78 Å². The first-order valence-corrected chi connectivity index (χ1v) is 11.9. The zero-order chi connectivity index (χ0) is 24.8. The summed E-state index contributed by atoms with van der Waals surface area (Å²) in [7, 11) is 0. The fourth-order valence-electron chi connectivity index (χ4n) is 2.89. The number of carbonyl (C=O) groups excluding carboxylic acids is 2. The zero-order valence-corrected chi connectivity index (χ0v) is 20.7. The Labute approximate surface area is 208 Å². The number of hydrogen-bond acceptors (Lipinski definition) is 6. The molecule has 1 aromatic heterocycles. The number of halogens is 1. The Bertz CT molecular complexity index is 1270. The maximum absolute atomic E-state index is 12.7. The summed E-state index contributed by atoms with van der Waals surface area (Å²) < 4.78 is 0.330. The normalized spacial score (nSPS) is 11.4. The highest BCUT2D eigenvalue weighted by Crippen LogP contribution is 2.21. The Morgan fingerprint density at radius 2 is 1.91 bits per heavy atom. The van der Waals surface area contributed by atoms with Gasteiger partial charge in [-0.1, -0.05) is 26.0 Å². The van der Waals surface area contributed by atoms with Crippen LogP contribution >= 0.6 is 27.3 Å². The first-order chi connectivity index (χ1) is 16.1. The van der Waals surface area contributed by atoms with Gasteiger partial charge >= 0.3 is 5.97 Å². The van der Waals surface area contributed by atoms with Crippen molar-refractivity contribution in [1.82, 2.24) is 15.6 Å². The fraction of sp³-hybridized carbons (Fsp3) is 0.167. The number of carboxylic acids is 1. The van der Waals surface area contributed by atoms with Gasteiger partial charge in [0, 0.05) is 28.0 Å². The van der Waals surface area contributed by atoms with Gasteiger partial charge in [-0.05, 0) is 57.7 Å². The summed E-state index contributed by atoms with van der Waals surface area (Å²) in [5.41, 5.74) is 1.74. The van der Waals surface area contributed by atoms with Crippen molar-refractivity contribution in [3.63, 3.8) is 0 Å². The third kappa shape index (κ3) is 6.52. The molecular formula is C24H22BrN3O5S. The number of aromatic nitrogens is 1. The van der Waals surface area contributed by atoms with Crippen molar-refractivity contribution in [2.45, 2.75) is 26.3 Å². The number of thiazole rings is 1. The summed E-state index contributed by atoms with van der Waals surface area (Å²) in [5.74, 6) is -2.00. The minimum atomic E-state index is -1.30. The van der Waals surface area contributed by atoms with Crippen LogP contribution in [0.1, 0.15) is 56.7 Å². The van der Waals surface area contributed by atoms with Crippen LogP contribution in [0, 0.1) is 0 Å². The first kappa shape index (κ1) is 25.1. The Morgan fingerprint density at radius 3 is 2.53 bits per heavy atom. The highest BCUT2D eigenvalue weighted by atomic mass is 79.9. The van der Waals surface area contributed by atoms with Crippen LogP contribution in [0.3, 0.4) is 0 Å². The maximum atomic E-state index is 12.7. The number of carboxylic acid groups (broad SMARTS) is 1. The van der Waals surface area contributed by atoms with Crippen molar-refractivity contribution in [3.05, 3.63) is 85.4 Å². The number of aliphatic carboxylic acids is 1. The van der Waals surface area contributed by atoms with Crippen LogP contribution in [-0.4, -0.2) is 33.0 Å². The lowest BCUT2D eigenvalue weighted by molar-refractivity contribution is -0.132. The number of phenols is 1. The topological polar surface area (TPSA) is 129 Å². The molecule has 0 bridgehead atoms. The number of benzene rings is 2. The second kappa shape index (κ2) is 11.1. The van der Waals surface area contributed by atoms with Crippen LogP contribution in [0.5, 0.6) is 5.75 Å². The molecule has 2 aromatic carbocycles. The van der Waals surface area contributed by atoms with Gasteiger partial charge in [0.2, 0.25) is 0 Å². The van der Waals surface area contributed by atoms with E-state index in [1.54, 1.807) is 18.2 Å². The molecule has 0 saturated carbocycles. The van der Waals surface area contributed by atoms with Gasteiger partial charge in [-0.2, -0.15) is 0 Å². The molecule has 0 aliphatic carbocycles. The third-order valence-corrected chi connectivity index (χ3v) is 6.18. The van der Waals surface area contributed by atoms with E-state index in [-0.39, 0.29) is 35.4 Å². The summed E-state index contributed by atoms with van der Waals surface area (Å²) >= 11 is 4.57. The van der Waals surface area contributed by atoms with Gasteiger partial charge in [0.1, 0.15) is 16.5 Å². The number of amides is 2. The SMILES string of the molecule is CC(C)c1csc(C=C(NC(=O)c2ccc(C(=O)NCc3cccc(O)c3)cc2Br)C(=O)O)n1. The minimum absolute atomic E-state index is 0.106. The zero-order valence-electron chi connectivity index (χ0n) is 18.3. The molecule has 0 spiro atoms. The number of nitrogens with zero attached hydrogens (tertiary/aromatic N) is 1. The summed E-state index contributed by atoms with van der Waals surface area (Å²) in [4.78, 5) is 41.2. The number of carbonyl (C=O) groups is 3. The quantitative estimate of drug-likeness (QED) is 0.309. The average Bonchev–Trinajstić information content (AvgIpc) is 3.26. The molecule has 0 saturated heterocycles. The van der Waals surface area contributed by atoms with Crippen molar-refractivity contribution in [1.29, 1.82) is 0 Å². The van der Waals surface area contributed by atoms with E-state index < -0.39 is 11.9 Å². The number of phenolic OH excluding ortho intramolecular Hbond substituents is 1. The maximum Gasteiger partial charge on any atom is 0.352 e. The third-order valence-electron chi connectivity index (χ3n) is 4.72. The summed E-state index contributed by atoms with van der Waals surface area (Å²) in [6.07, 6.45) is 1.31. The molecule has 176 valence electrons. The van der Waals surface area contributed by atoms with Crippen molar-refractivity contribution < 1.29 is 24.6 Å². The summed E-state index contributed by atoms with van der Waals surface area (Å²) in [5, 5.41) is 26.5. The largest absolute Gasteiger partial charge is 0.508 e.